The van der Waals surface area contributed by atoms with E-state index in [9.17, 15) is 14.0 Å². The zero-order chi connectivity index (χ0) is 24.9. The van der Waals surface area contributed by atoms with Crippen LogP contribution in [0.2, 0.25) is 0 Å². The monoisotopic (exact) mass is 492 g/mol. The van der Waals surface area contributed by atoms with Crippen LogP contribution in [0, 0.1) is 5.82 Å². The summed E-state index contributed by atoms with van der Waals surface area (Å²) in [5.41, 5.74) is 2.52. The average Bonchev–Trinajstić information content (AvgIpc) is 2.88. The standard InChI is InChI=1S/C29H33FN2O2S/c1-2-3-18-31-29(34)27(19-23-12-6-4-7-13-23)32(20-24-14-8-5-9-15-24)28(33)22-35-21-25-16-10-11-17-26(25)30/h4-17,27H,2-3,18-22H2,1H3,(H,31,34). The minimum atomic E-state index is -0.643. The maximum absolute atomic E-state index is 14.0. The highest BCUT2D eigenvalue weighted by molar-refractivity contribution is 7.99. The normalized spacial score (nSPS) is 11.6. The molecule has 4 nitrogen and oxygen atoms in total. The van der Waals surface area contributed by atoms with E-state index in [4.69, 9.17) is 0 Å². The van der Waals surface area contributed by atoms with Gasteiger partial charge >= 0.3 is 0 Å². The number of benzene rings is 3. The van der Waals surface area contributed by atoms with Crippen molar-refractivity contribution in [1.29, 1.82) is 0 Å². The molecule has 0 fully saturated rings. The quantitative estimate of drug-likeness (QED) is 0.315. The molecule has 0 aliphatic carbocycles. The van der Waals surface area contributed by atoms with E-state index < -0.39 is 6.04 Å². The molecule has 1 N–H and O–H groups in total. The van der Waals surface area contributed by atoms with E-state index in [1.165, 1.54) is 17.8 Å². The average molecular weight is 493 g/mol. The first-order valence-corrected chi connectivity index (χ1v) is 13.2. The first-order valence-electron chi connectivity index (χ1n) is 12.0. The number of hydrogen-bond donors (Lipinski definition) is 1. The van der Waals surface area contributed by atoms with Gasteiger partial charge in [0.15, 0.2) is 0 Å². The molecule has 184 valence electrons. The Morgan fingerprint density at radius 1 is 0.914 bits per heavy atom. The van der Waals surface area contributed by atoms with Crippen LogP contribution in [0.15, 0.2) is 84.9 Å². The van der Waals surface area contributed by atoms with E-state index in [2.05, 4.69) is 12.2 Å². The van der Waals surface area contributed by atoms with Gasteiger partial charge in [-0.15, -0.1) is 11.8 Å². The Kier molecular flexibility index (Phi) is 10.8. The van der Waals surface area contributed by atoms with Crippen molar-refractivity contribution in [2.24, 2.45) is 0 Å². The fourth-order valence-corrected chi connectivity index (χ4v) is 4.68. The molecule has 0 radical (unpaired) electrons. The molecular formula is C29H33FN2O2S. The number of carbonyl (C=O) groups excluding carboxylic acids is 2. The SMILES string of the molecule is CCCCNC(=O)C(Cc1ccccc1)N(Cc1ccccc1)C(=O)CSCc1ccccc1F. The molecular weight excluding hydrogens is 459 g/mol. The Labute approximate surface area is 211 Å². The molecule has 0 heterocycles. The molecule has 1 unspecified atom stereocenters. The molecule has 0 spiro atoms. The second kappa shape index (κ2) is 14.3. The number of unbranched alkanes of at least 4 members (excludes halogenated alkanes) is 1. The Hall–Kier alpha value is -3.12. The highest BCUT2D eigenvalue weighted by atomic mass is 32.2. The molecule has 2 amide bonds. The molecule has 0 aliphatic heterocycles. The zero-order valence-corrected chi connectivity index (χ0v) is 21.0. The smallest absolute Gasteiger partial charge is 0.243 e. The van der Waals surface area contributed by atoms with E-state index in [0.717, 1.165) is 24.0 Å². The number of halogens is 1. The summed E-state index contributed by atoms with van der Waals surface area (Å²) >= 11 is 1.36. The second-order valence-electron chi connectivity index (χ2n) is 8.44. The molecule has 3 aromatic rings. The molecule has 0 saturated carbocycles. The van der Waals surface area contributed by atoms with Crippen molar-refractivity contribution in [3.05, 3.63) is 107 Å². The lowest BCUT2D eigenvalue weighted by molar-refractivity contribution is -0.139. The lowest BCUT2D eigenvalue weighted by Gasteiger charge is -2.31. The summed E-state index contributed by atoms with van der Waals surface area (Å²) in [4.78, 5) is 28.5. The van der Waals surface area contributed by atoms with Gasteiger partial charge in [0.05, 0.1) is 5.75 Å². The molecule has 0 saturated heterocycles. The summed E-state index contributed by atoms with van der Waals surface area (Å²) in [5.74, 6) is -0.00322. The third-order valence-corrected chi connectivity index (χ3v) is 6.70. The van der Waals surface area contributed by atoms with E-state index in [0.29, 0.717) is 30.8 Å². The molecule has 6 heteroatoms. The van der Waals surface area contributed by atoms with Crippen LogP contribution < -0.4 is 5.32 Å². The van der Waals surface area contributed by atoms with Crippen molar-refractivity contribution in [3.63, 3.8) is 0 Å². The summed E-state index contributed by atoms with van der Waals surface area (Å²) in [7, 11) is 0. The van der Waals surface area contributed by atoms with Crippen molar-refractivity contribution in [2.45, 2.75) is 44.5 Å². The van der Waals surface area contributed by atoms with Crippen LogP contribution in [-0.2, 0) is 28.3 Å². The minimum absolute atomic E-state index is 0.137. The highest BCUT2D eigenvalue weighted by Gasteiger charge is 2.30. The first-order chi connectivity index (χ1) is 17.1. The van der Waals surface area contributed by atoms with Crippen LogP contribution in [0.1, 0.15) is 36.5 Å². The maximum atomic E-state index is 14.0. The lowest BCUT2D eigenvalue weighted by atomic mass is 10.0. The van der Waals surface area contributed by atoms with Gasteiger partial charge in [-0.2, -0.15) is 0 Å². The molecule has 3 rings (SSSR count). The van der Waals surface area contributed by atoms with Gasteiger partial charge in [0, 0.05) is 25.3 Å². The van der Waals surface area contributed by atoms with E-state index >= 15 is 0 Å². The topological polar surface area (TPSA) is 49.4 Å². The molecule has 0 bridgehead atoms. The van der Waals surface area contributed by atoms with E-state index in [1.54, 1.807) is 23.1 Å². The van der Waals surface area contributed by atoms with Gasteiger partial charge in [-0.05, 0) is 29.2 Å². The van der Waals surface area contributed by atoms with Gasteiger partial charge in [-0.3, -0.25) is 9.59 Å². The number of thioether (sulfide) groups is 1. The summed E-state index contributed by atoms with van der Waals surface area (Å²) in [6, 6.07) is 25.4. The van der Waals surface area contributed by atoms with Gasteiger partial charge in [0.25, 0.3) is 0 Å². The Balaban J connectivity index is 1.81. The van der Waals surface area contributed by atoms with Crippen LogP contribution in [0.5, 0.6) is 0 Å². The third kappa shape index (κ3) is 8.55. The van der Waals surface area contributed by atoms with Crippen LogP contribution in [0.4, 0.5) is 4.39 Å². The zero-order valence-electron chi connectivity index (χ0n) is 20.2. The van der Waals surface area contributed by atoms with Gasteiger partial charge in [0.2, 0.25) is 11.8 Å². The van der Waals surface area contributed by atoms with Crippen molar-refractivity contribution in [2.75, 3.05) is 12.3 Å². The molecule has 3 aromatic carbocycles. The summed E-state index contributed by atoms with van der Waals surface area (Å²) in [6.07, 6.45) is 2.28. The Bertz CT molecular complexity index is 1060. The van der Waals surface area contributed by atoms with E-state index in [1.807, 2.05) is 60.7 Å². The van der Waals surface area contributed by atoms with Crippen molar-refractivity contribution in [3.8, 4) is 0 Å². The van der Waals surface area contributed by atoms with Gasteiger partial charge in [0.1, 0.15) is 11.9 Å². The van der Waals surface area contributed by atoms with Gasteiger partial charge < -0.3 is 10.2 Å². The second-order valence-corrected chi connectivity index (χ2v) is 9.43. The van der Waals surface area contributed by atoms with E-state index in [-0.39, 0.29) is 23.4 Å². The third-order valence-electron chi connectivity index (χ3n) is 5.74. The van der Waals surface area contributed by atoms with Crippen molar-refractivity contribution < 1.29 is 14.0 Å². The first kappa shape index (κ1) is 26.5. The van der Waals surface area contributed by atoms with Crippen LogP contribution in [0.3, 0.4) is 0 Å². The van der Waals surface area contributed by atoms with Crippen LogP contribution in [0.25, 0.3) is 0 Å². The summed E-state index contributed by atoms with van der Waals surface area (Å²) < 4.78 is 14.0. The molecule has 0 aliphatic rings. The summed E-state index contributed by atoms with van der Waals surface area (Å²) in [6.45, 7) is 2.99. The minimum Gasteiger partial charge on any atom is -0.354 e. The highest BCUT2D eigenvalue weighted by Crippen LogP contribution is 2.19. The molecule has 0 aromatic heterocycles. The fourth-order valence-electron chi connectivity index (χ4n) is 3.79. The number of nitrogens with zero attached hydrogens (tertiary/aromatic N) is 1. The van der Waals surface area contributed by atoms with Crippen LogP contribution in [-0.4, -0.2) is 35.1 Å². The number of rotatable bonds is 13. The van der Waals surface area contributed by atoms with Gasteiger partial charge in [-0.25, -0.2) is 4.39 Å². The number of nitrogens with one attached hydrogen (secondary N) is 1. The number of hydrogen-bond acceptors (Lipinski definition) is 3. The molecule has 1 atom stereocenters. The molecule has 35 heavy (non-hydrogen) atoms. The predicted octanol–water partition coefficient (Wildman–Crippen LogP) is 5.62. The fraction of sp³-hybridized carbons (Fsp3) is 0.310. The van der Waals surface area contributed by atoms with Crippen molar-refractivity contribution in [1.82, 2.24) is 10.2 Å². The summed E-state index contributed by atoms with van der Waals surface area (Å²) in [5, 5.41) is 3.03. The van der Waals surface area contributed by atoms with Crippen molar-refractivity contribution >= 4 is 23.6 Å². The number of carbonyl (C=O) groups is 2. The largest absolute Gasteiger partial charge is 0.354 e. The predicted molar refractivity (Wildman–Crippen MR) is 141 cm³/mol. The van der Waals surface area contributed by atoms with Gasteiger partial charge in [-0.1, -0.05) is 92.2 Å². The maximum Gasteiger partial charge on any atom is 0.243 e. The Morgan fingerprint density at radius 2 is 1.54 bits per heavy atom. The lowest BCUT2D eigenvalue weighted by Crippen LogP contribution is -2.51. The number of amides is 2. The Morgan fingerprint density at radius 3 is 2.20 bits per heavy atom. The van der Waals surface area contributed by atoms with Crippen LogP contribution >= 0.6 is 11.8 Å².